The van der Waals surface area contributed by atoms with Crippen LogP contribution in [0.3, 0.4) is 0 Å². The first-order chi connectivity index (χ1) is 8.61. The number of rotatable bonds is 3. The van der Waals surface area contributed by atoms with Crippen molar-refractivity contribution in [2.24, 2.45) is 0 Å². The van der Waals surface area contributed by atoms with Crippen LogP contribution in [-0.4, -0.2) is 49.5 Å². The minimum Gasteiger partial charge on any atom is -0.378 e. The Kier molecular flexibility index (Phi) is 4.17. The molecule has 0 unspecified atom stereocenters. The van der Waals surface area contributed by atoms with E-state index in [2.05, 4.69) is 6.26 Å². The minimum atomic E-state index is 0.164. The quantitative estimate of drug-likeness (QED) is 0.837. The molecule has 1 saturated heterocycles. The van der Waals surface area contributed by atoms with Crippen molar-refractivity contribution in [2.75, 3.05) is 38.3 Å². The number of likely N-dealkylation sites (tertiary alicyclic amines) is 1. The van der Waals surface area contributed by atoms with Gasteiger partial charge in [-0.15, -0.1) is 0 Å². The second-order valence-corrected chi connectivity index (χ2v) is 5.98. The average molecular weight is 264 g/mol. The lowest BCUT2D eigenvalue weighted by Gasteiger charge is -2.17. The summed E-state index contributed by atoms with van der Waals surface area (Å²) in [5.41, 5.74) is 1.91. The van der Waals surface area contributed by atoms with E-state index in [1.54, 1.807) is 0 Å². The number of anilines is 1. The number of amides is 1. The SMILES string of the molecule is CS[C@H]1CCN(C(=O)c2ccc(N(C)C)cc2)C1. The molecule has 0 radical (unpaired) electrons. The van der Waals surface area contributed by atoms with Crippen molar-refractivity contribution in [1.29, 1.82) is 0 Å². The summed E-state index contributed by atoms with van der Waals surface area (Å²) in [6.07, 6.45) is 3.23. The van der Waals surface area contributed by atoms with Gasteiger partial charge in [0, 0.05) is 43.7 Å². The van der Waals surface area contributed by atoms with Crippen LogP contribution in [0.4, 0.5) is 5.69 Å². The van der Waals surface area contributed by atoms with E-state index in [1.165, 1.54) is 0 Å². The zero-order valence-electron chi connectivity index (χ0n) is 11.2. The second kappa shape index (κ2) is 5.65. The topological polar surface area (TPSA) is 23.6 Å². The van der Waals surface area contributed by atoms with Gasteiger partial charge in [-0.05, 0) is 36.9 Å². The number of thioether (sulfide) groups is 1. The molecule has 1 aliphatic heterocycles. The molecule has 0 aliphatic carbocycles. The lowest BCUT2D eigenvalue weighted by atomic mass is 10.2. The summed E-state index contributed by atoms with van der Waals surface area (Å²) in [5, 5.41) is 0.606. The Labute approximate surface area is 113 Å². The Morgan fingerprint density at radius 2 is 2.00 bits per heavy atom. The molecule has 0 aromatic heterocycles. The molecular formula is C14H20N2OS. The molecule has 1 aliphatic rings. The van der Waals surface area contributed by atoms with Crippen LogP contribution in [0.2, 0.25) is 0 Å². The normalized spacial score (nSPS) is 19.1. The lowest BCUT2D eigenvalue weighted by molar-refractivity contribution is 0.0793. The van der Waals surface area contributed by atoms with Gasteiger partial charge in [0.05, 0.1) is 0 Å². The summed E-state index contributed by atoms with van der Waals surface area (Å²) in [6, 6.07) is 7.83. The zero-order valence-corrected chi connectivity index (χ0v) is 12.0. The van der Waals surface area contributed by atoms with Gasteiger partial charge >= 0.3 is 0 Å². The van der Waals surface area contributed by atoms with E-state index in [0.717, 1.165) is 30.8 Å². The van der Waals surface area contributed by atoms with Crippen molar-refractivity contribution < 1.29 is 4.79 Å². The number of hydrogen-bond donors (Lipinski definition) is 0. The molecule has 2 rings (SSSR count). The first-order valence-electron chi connectivity index (χ1n) is 6.21. The molecule has 1 heterocycles. The van der Waals surface area contributed by atoms with Crippen molar-refractivity contribution in [3.05, 3.63) is 29.8 Å². The smallest absolute Gasteiger partial charge is 0.253 e. The highest BCUT2D eigenvalue weighted by Gasteiger charge is 2.26. The molecule has 1 amide bonds. The van der Waals surface area contributed by atoms with Gasteiger partial charge in [0.1, 0.15) is 0 Å². The molecule has 1 aromatic carbocycles. The molecule has 0 spiro atoms. The molecule has 3 nitrogen and oxygen atoms in total. The van der Waals surface area contributed by atoms with Crippen LogP contribution >= 0.6 is 11.8 Å². The Morgan fingerprint density at radius 1 is 1.33 bits per heavy atom. The van der Waals surface area contributed by atoms with Gasteiger partial charge < -0.3 is 9.80 Å². The first-order valence-corrected chi connectivity index (χ1v) is 7.50. The Balaban J connectivity index is 2.05. The fourth-order valence-electron chi connectivity index (χ4n) is 2.19. The molecule has 98 valence electrons. The van der Waals surface area contributed by atoms with E-state index >= 15 is 0 Å². The van der Waals surface area contributed by atoms with Crippen LogP contribution in [-0.2, 0) is 0 Å². The van der Waals surface area contributed by atoms with Gasteiger partial charge in [0.15, 0.2) is 0 Å². The van der Waals surface area contributed by atoms with Gasteiger partial charge in [-0.25, -0.2) is 0 Å². The summed E-state index contributed by atoms with van der Waals surface area (Å²) in [4.78, 5) is 16.3. The molecule has 18 heavy (non-hydrogen) atoms. The van der Waals surface area contributed by atoms with Crippen molar-refractivity contribution in [2.45, 2.75) is 11.7 Å². The van der Waals surface area contributed by atoms with E-state index in [1.807, 2.05) is 59.9 Å². The highest BCUT2D eigenvalue weighted by molar-refractivity contribution is 7.99. The van der Waals surface area contributed by atoms with E-state index in [-0.39, 0.29) is 5.91 Å². The van der Waals surface area contributed by atoms with Crippen LogP contribution in [0.15, 0.2) is 24.3 Å². The summed E-state index contributed by atoms with van der Waals surface area (Å²) in [6.45, 7) is 1.77. The van der Waals surface area contributed by atoms with Crippen molar-refractivity contribution >= 4 is 23.4 Å². The predicted molar refractivity (Wildman–Crippen MR) is 78.6 cm³/mol. The van der Waals surface area contributed by atoms with E-state index < -0.39 is 0 Å². The van der Waals surface area contributed by atoms with Gasteiger partial charge in [-0.3, -0.25) is 4.79 Å². The number of nitrogens with zero attached hydrogens (tertiary/aromatic N) is 2. The standard InChI is InChI=1S/C14H20N2OS/c1-15(2)12-6-4-11(5-7-12)14(17)16-9-8-13(10-16)18-3/h4-7,13H,8-10H2,1-3H3/t13-/m0/s1. The number of benzene rings is 1. The molecule has 1 fully saturated rings. The predicted octanol–water partition coefficient (Wildman–Crippen LogP) is 2.33. The van der Waals surface area contributed by atoms with Gasteiger partial charge in [-0.2, -0.15) is 11.8 Å². The van der Waals surface area contributed by atoms with E-state index in [0.29, 0.717) is 5.25 Å². The molecule has 0 bridgehead atoms. The third kappa shape index (κ3) is 2.80. The van der Waals surface area contributed by atoms with Crippen LogP contribution in [0.5, 0.6) is 0 Å². The highest BCUT2D eigenvalue weighted by atomic mass is 32.2. The summed E-state index contributed by atoms with van der Waals surface area (Å²) < 4.78 is 0. The number of carbonyl (C=O) groups excluding carboxylic acids is 1. The molecule has 0 saturated carbocycles. The van der Waals surface area contributed by atoms with Crippen LogP contribution in [0.1, 0.15) is 16.8 Å². The second-order valence-electron chi connectivity index (χ2n) is 4.84. The Bertz CT molecular complexity index is 416. The molecule has 1 atom stereocenters. The Hall–Kier alpha value is -1.16. The molecule has 4 heteroatoms. The fourth-order valence-corrected chi connectivity index (χ4v) is 2.86. The third-order valence-corrected chi connectivity index (χ3v) is 4.45. The third-order valence-electron chi connectivity index (χ3n) is 3.40. The first kappa shape index (κ1) is 13.3. The maximum absolute atomic E-state index is 12.3. The summed E-state index contributed by atoms with van der Waals surface area (Å²) in [7, 11) is 4.00. The fraction of sp³-hybridized carbons (Fsp3) is 0.500. The molecule has 0 N–H and O–H groups in total. The van der Waals surface area contributed by atoms with Crippen LogP contribution < -0.4 is 4.90 Å². The van der Waals surface area contributed by atoms with E-state index in [4.69, 9.17) is 0 Å². The van der Waals surface area contributed by atoms with Crippen molar-refractivity contribution in [1.82, 2.24) is 4.90 Å². The Morgan fingerprint density at radius 3 is 2.50 bits per heavy atom. The summed E-state index contributed by atoms with van der Waals surface area (Å²) >= 11 is 1.85. The van der Waals surface area contributed by atoms with E-state index in [9.17, 15) is 4.79 Å². The van der Waals surface area contributed by atoms with Crippen LogP contribution in [0, 0.1) is 0 Å². The highest BCUT2D eigenvalue weighted by Crippen LogP contribution is 2.22. The largest absolute Gasteiger partial charge is 0.378 e. The molecule has 1 aromatic rings. The number of carbonyl (C=O) groups is 1. The average Bonchev–Trinajstić information content (AvgIpc) is 2.86. The maximum atomic E-state index is 12.3. The monoisotopic (exact) mass is 264 g/mol. The van der Waals surface area contributed by atoms with Crippen LogP contribution in [0.25, 0.3) is 0 Å². The maximum Gasteiger partial charge on any atom is 0.253 e. The zero-order chi connectivity index (χ0) is 13.1. The summed E-state index contributed by atoms with van der Waals surface area (Å²) in [5.74, 6) is 0.164. The lowest BCUT2D eigenvalue weighted by Crippen LogP contribution is -2.29. The van der Waals surface area contributed by atoms with Gasteiger partial charge in [-0.1, -0.05) is 0 Å². The van der Waals surface area contributed by atoms with Gasteiger partial charge in [0.25, 0.3) is 5.91 Å². The van der Waals surface area contributed by atoms with Crippen molar-refractivity contribution in [3.8, 4) is 0 Å². The van der Waals surface area contributed by atoms with Gasteiger partial charge in [0.2, 0.25) is 0 Å². The van der Waals surface area contributed by atoms with Crippen molar-refractivity contribution in [3.63, 3.8) is 0 Å². The number of hydrogen-bond acceptors (Lipinski definition) is 3. The minimum absolute atomic E-state index is 0.164. The molecular weight excluding hydrogens is 244 g/mol.